The molecule has 0 saturated carbocycles. The van der Waals surface area contributed by atoms with Crippen molar-refractivity contribution in [1.29, 1.82) is 0 Å². The van der Waals surface area contributed by atoms with Gasteiger partial charge in [0.1, 0.15) is 0 Å². The minimum Gasteiger partial charge on any atom is -0.325 e. The van der Waals surface area contributed by atoms with E-state index in [1.807, 2.05) is 13.8 Å². The summed E-state index contributed by atoms with van der Waals surface area (Å²) in [6.45, 7) is 3.97. The van der Waals surface area contributed by atoms with Crippen LogP contribution in [0.3, 0.4) is 0 Å². The van der Waals surface area contributed by atoms with Crippen molar-refractivity contribution in [2.24, 2.45) is 5.73 Å². The fraction of sp³-hybridized carbons (Fsp3) is 0.500. The highest BCUT2D eigenvalue weighted by molar-refractivity contribution is 6.30. The van der Waals surface area contributed by atoms with Crippen LogP contribution in [-0.2, 0) is 6.42 Å². The first-order valence-electron chi connectivity index (χ1n) is 5.63. The van der Waals surface area contributed by atoms with Gasteiger partial charge in [0.15, 0.2) is 0 Å². The molecule has 5 heteroatoms. The molecule has 1 rings (SSSR count). The Bertz CT molecular complexity index is 417. The summed E-state index contributed by atoms with van der Waals surface area (Å²) in [5, 5.41) is 11.4. The van der Waals surface area contributed by atoms with Gasteiger partial charge < -0.3 is 5.73 Å². The molecule has 0 heterocycles. The largest absolute Gasteiger partial charge is 0.325 e. The summed E-state index contributed by atoms with van der Waals surface area (Å²) in [5.74, 6) is 0. The average molecular weight is 257 g/mol. The third kappa shape index (κ3) is 3.41. The fourth-order valence-electron chi connectivity index (χ4n) is 1.75. The number of hydrogen-bond acceptors (Lipinski definition) is 3. The summed E-state index contributed by atoms with van der Waals surface area (Å²) in [6.07, 6.45) is 2.01. The molecule has 0 bridgehead atoms. The Labute approximate surface area is 106 Å². The lowest BCUT2D eigenvalue weighted by Crippen LogP contribution is -2.40. The normalized spacial score (nSPS) is 11.5. The van der Waals surface area contributed by atoms with Crippen molar-refractivity contribution in [1.82, 2.24) is 0 Å². The summed E-state index contributed by atoms with van der Waals surface area (Å²) >= 11 is 5.87. The van der Waals surface area contributed by atoms with Gasteiger partial charge in [-0.3, -0.25) is 10.1 Å². The molecular weight excluding hydrogens is 240 g/mol. The second kappa shape index (κ2) is 5.47. The lowest BCUT2D eigenvalue weighted by atomic mass is 9.86. The van der Waals surface area contributed by atoms with Gasteiger partial charge >= 0.3 is 0 Å². The van der Waals surface area contributed by atoms with E-state index >= 15 is 0 Å². The second-order valence-corrected chi connectivity index (χ2v) is 4.71. The van der Waals surface area contributed by atoms with E-state index in [2.05, 4.69) is 0 Å². The number of halogens is 1. The molecule has 0 atom stereocenters. The minimum absolute atomic E-state index is 0.0890. The molecule has 1 aromatic carbocycles. The van der Waals surface area contributed by atoms with Crippen LogP contribution < -0.4 is 5.73 Å². The highest BCUT2D eigenvalue weighted by Gasteiger charge is 2.25. The van der Waals surface area contributed by atoms with E-state index in [-0.39, 0.29) is 5.69 Å². The van der Waals surface area contributed by atoms with Gasteiger partial charge in [0.2, 0.25) is 0 Å². The van der Waals surface area contributed by atoms with Crippen LogP contribution in [0, 0.1) is 10.1 Å². The first kappa shape index (κ1) is 13.9. The SMILES string of the molecule is CCC(N)(CC)Cc1cc(Cl)ccc1[N+](=O)[O-]. The smallest absolute Gasteiger partial charge is 0.272 e. The highest BCUT2D eigenvalue weighted by atomic mass is 35.5. The monoisotopic (exact) mass is 256 g/mol. The quantitative estimate of drug-likeness (QED) is 0.649. The maximum Gasteiger partial charge on any atom is 0.272 e. The lowest BCUT2D eigenvalue weighted by Gasteiger charge is -2.26. The van der Waals surface area contributed by atoms with Crippen molar-refractivity contribution in [3.05, 3.63) is 38.9 Å². The fourth-order valence-corrected chi connectivity index (χ4v) is 1.95. The second-order valence-electron chi connectivity index (χ2n) is 4.28. The van der Waals surface area contributed by atoms with Gasteiger partial charge in [-0.25, -0.2) is 0 Å². The standard InChI is InChI=1S/C12H17ClN2O2/c1-3-12(14,4-2)8-9-7-10(13)5-6-11(9)15(16)17/h5-7H,3-4,8,14H2,1-2H3. The Morgan fingerprint density at radius 2 is 2.00 bits per heavy atom. The van der Waals surface area contributed by atoms with Gasteiger partial charge in [0.05, 0.1) is 4.92 Å². The van der Waals surface area contributed by atoms with E-state index in [9.17, 15) is 10.1 Å². The molecule has 0 saturated heterocycles. The van der Waals surface area contributed by atoms with Crippen molar-refractivity contribution < 1.29 is 4.92 Å². The molecule has 94 valence electrons. The number of nitrogens with zero attached hydrogens (tertiary/aromatic N) is 1. The van der Waals surface area contributed by atoms with Crippen molar-refractivity contribution in [2.45, 2.75) is 38.6 Å². The number of nitrogens with two attached hydrogens (primary N) is 1. The molecule has 17 heavy (non-hydrogen) atoms. The van der Waals surface area contributed by atoms with Gasteiger partial charge in [-0.15, -0.1) is 0 Å². The molecule has 0 unspecified atom stereocenters. The van der Waals surface area contributed by atoms with Gasteiger partial charge in [0.25, 0.3) is 5.69 Å². The number of nitro benzene ring substituents is 1. The lowest BCUT2D eigenvalue weighted by molar-refractivity contribution is -0.385. The molecule has 0 aliphatic carbocycles. The molecular formula is C12H17ClN2O2. The first-order valence-corrected chi connectivity index (χ1v) is 6.01. The van der Waals surface area contributed by atoms with E-state index < -0.39 is 10.5 Å². The summed E-state index contributed by atoms with van der Waals surface area (Å²) < 4.78 is 0. The zero-order chi connectivity index (χ0) is 13.1. The van der Waals surface area contributed by atoms with Gasteiger partial charge in [-0.1, -0.05) is 25.4 Å². The average Bonchev–Trinajstić information content (AvgIpc) is 2.28. The molecule has 0 amide bonds. The number of rotatable bonds is 5. The Hall–Kier alpha value is -1.13. The predicted octanol–water partition coefficient (Wildman–Crippen LogP) is 3.31. The molecule has 0 radical (unpaired) electrons. The summed E-state index contributed by atoms with van der Waals surface area (Å²) in [4.78, 5) is 10.5. The summed E-state index contributed by atoms with van der Waals surface area (Å²) in [5.41, 5.74) is 6.47. The van der Waals surface area contributed by atoms with E-state index in [0.717, 1.165) is 12.8 Å². The van der Waals surface area contributed by atoms with Crippen LogP contribution in [0.25, 0.3) is 0 Å². The molecule has 2 N–H and O–H groups in total. The maximum absolute atomic E-state index is 10.9. The van der Waals surface area contributed by atoms with Crippen LogP contribution >= 0.6 is 11.6 Å². The third-order valence-corrected chi connectivity index (χ3v) is 3.42. The highest BCUT2D eigenvalue weighted by Crippen LogP contribution is 2.28. The molecule has 1 aromatic rings. The van der Waals surface area contributed by atoms with Crippen molar-refractivity contribution in [3.8, 4) is 0 Å². The zero-order valence-corrected chi connectivity index (χ0v) is 10.8. The molecule has 0 aliphatic rings. The van der Waals surface area contributed by atoms with Crippen molar-refractivity contribution >= 4 is 17.3 Å². The van der Waals surface area contributed by atoms with Crippen molar-refractivity contribution in [3.63, 3.8) is 0 Å². The van der Waals surface area contributed by atoms with Crippen LogP contribution in [0.2, 0.25) is 5.02 Å². The Balaban J connectivity index is 3.12. The Kier molecular flexibility index (Phi) is 4.48. The minimum atomic E-state index is -0.407. The van der Waals surface area contributed by atoms with E-state index in [4.69, 9.17) is 17.3 Å². The number of benzene rings is 1. The maximum atomic E-state index is 10.9. The predicted molar refractivity (Wildman–Crippen MR) is 69.3 cm³/mol. The van der Waals surface area contributed by atoms with E-state index in [1.165, 1.54) is 12.1 Å². The van der Waals surface area contributed by atoms with Crippen LogP contribution in [0.4, 0.5) is 5.69 Å². The molecule has 0 aliphatic heterocycles. The van der Waals surface area contributed by atoms with E-state index in [0.29, 0.717) is 17.0 Å². The zero-order valence-electron chi connectivity index (χ0n) is 10.1. The summed E-state index contributed by atoms with van der Waals surface area (Å²) in [7, 11) is 0. The van der Waals surface area contributed by atoms with Crippen LogP contribution in [0.15, 0.2) is 18.2 Å². The molecule has 0 spiro atoms. The first-order chi connectivity index (χ1) is 7.91. The topological polar surface area (TPSA) is 69.2 Å². The van der Waals surface area contributed by atoms with Gasteiger partial charge in [-0.05, 0) is 31.4 Å². The van der Waals surface area contributed by atoms with Crippen LogP contribution in [0.5, 0.6) is 0 Å². The Morgan fingerprint density at radius 3 is 2.47 bits per heavy atom. The van der Waals surface area contributed by atoms with Gasteiger partial charge in [-0.2, -0.15) is 0 Å². The van der Waals surface area contributed by atoms with Crippen LogP contribution in [-0.4, -0.2) is 10.5 Å². The van der Waals surface area contributed by atoms with E-state index in [1.54, 1.807) is 6.07 Å². The van der Waals surface area contributed by atoms with Crippen molar-refractivity contribution in [2.75, 3.05) is 0 Å². The summed E-state index contributed by atoms with van der Waals surface area (Å²) in [6, 6.07) is 4.59. The molecule has 0 aromatic heterocycles. The van der Waals surface area contributed by atoms with Gasteiger partial charge in [0, 0.05) is 22.2 Å². The Morgan fingerprint density at radius 1 is 1.41 bits per heavy atom. The third-order valence-electron chi connectivity index (χ3n) is 3.19. The van der Waals surface area contributed by atoms with Crippen LogP contribution in [0.1, 0.15) is 32.3 Å². The molecule has 0 fully saturated rings. The number of hydrogen-bond donors (Lipinski definition) is 1. The molecule has 4 nitrogen and oxygen atoms in total. The number of nitro groups is 1.